The van der Waals surface area contributed by atoms with Crippen molar-refractivity contribution in [2.45, 2.75) is 0 Å². The molecule has 2 heterocycles. The Morgan fingerprint density at radius 3 is 2.32 bits per heavy atom. The average molecular weight is 388 g/mol. The molecule has 138 valence electrons. The summed E-state index contributed by atoms with van der Waals surface area (Å²) in [5, 5.41) is 11.7. The quantitative estimate of drug-likeness (QED) is 0.531. The molecule has 2 N–H and O–H groups in total. The third-order valence-corrected chi connectivity index (χ3v) is 4.86. The lowest BCUT2D eigenvalue weighted by Crippen LogP contribution is -2.13. The lowest BCUT2D eigenvalue weighted by Gasteiger charge is -2.07. The van der Waals surface area contributed by atoms with Gasteiger partial charge in [0.25, 0.3) is 11.8 Å². The number of amides is 2. The van der Waals surface area contributed by atoms with Gasteiger partial charge in [-0.2, -0.15) is 5.10 Å². The molecule has 2 aromatic carbocycles. The van der Waals surface area contributed by atoms with Crippen molar-refractivity contribution in [1.82, 2.24) is 9.78 Å². The van der Waals surface area contributed by atoms with Crippen molar-refractivity contribution in [3.63, 3.8) is 0 Å². The maximum Gasteiger partial charge on any atom is 0.265 e. The Hall–Kier alpha value is -3.71. The molecule has 0 saturated carbocycles. The SMILES string of the molecule is O=C(Nc1cccc(NC(=O)c2cccs2)c1)c1cnn(-c2ccccc2)c1. The Bertz CT molecular complexity index is 1100. The molecular weight excluding hydrogens is 372 g/mol. The molecule has 0 fully saturated rings. The number of carbonyl (C=O) groups is 2. The molecule has 4 aromatic rings. The Morgan fingerprint density at radius 1 is 0.857 bits per heavy atom. The van der Waals surface area contributed by atoms with Crippen LogP contribution in [0.25, 0.3) is 5.69 Å². The minimum absolute atomic E-state index is 0.178. The maximum atomic E-state index is 12.5. The molecule has 2 aromatic heterocycles. The fourth-order valence-corrected chi connectivity index (χ4v) is 3.26. The summed E-state index contributed by atoms with van der Waals surface area (Å²) in [5.41, 5.74) is 2.51. The van der Waals surface area contributed by atoms with Crippen molar-refractivity contribution < 1.29 is 9.59 Å². The molecule has 0 radical (unpaired) electrons. The lowest BCUT2D eigenvalue weighted by atomic mass is 10.2. The Kier molecular flexibility index (Phi) is 4.99. The zero-order valence-electron chi connectivity index (χ0n) is 14.7. The number of hydrogen-bond acceptors (Lipinski definition) is 4. The average Bonchev–Trinajstić information content (AvgIpc) is 3.41. The van der Waals surface area contributed by atoms with Crippen LogP contribution in [0.15, 0.2) is 84.5 Å². The van der Waals surface area contributed by atoms with Gasteiger partial charge in [-0.15, -0.1) is 11.3 Å². The zero-order chi connectivity index (χ0) is 19.3. The van der Waals surface area contributed by atoms with Crippen molar-refractivity contribution in [1.29, 1.82) is 0 Å². The Balaban J connectivity index is 1.45. The maximum absolute atomic E-state index is 12.5. The molecule has 0 bridgehead atoms. The largest absolute Gasteiger partial charge is 0.322 e. The molecular formula is C21H16N4O2S. The number of aromatic nitrogens is 2. The van der Waals surface area contributed by atoms with Gasteiger partial charge in [0.05, 0.1) is 22.3 Å². The van der Waals surface area contributed by atoms with Gasteiger partial charge < -0.3 is 10.6 Å². The van der Waals surface area contributed by atoms with E-state index in [1.165, 1.54) is 17.5 Å². The summed E-state index contributed by atoms with van der Waals surface area (Å²) in [5.74, 6) is -0.452. The van der Waals surface area contributed by atoms with Crippen molar-refractivity contribution in [2.24, 2.45) is 0 Å². The smallest absolute Gasteiger partial charge is 0.265 e. The van der Waals surface area contributed by atoms with Gasteiger partial charge in [0.1, 0.15) is 0 Å². The summed E-state index contributed by atoms with van der Waals surface area (Å²) in [6, 6.07) is 20.2. The van der Waals surface area contributed by atoms with Gasteiger partial charge in [0.15, 0.2) is 0 Å². The van der Waals surface area contributed by atoms with E-state index in [4.69, 9.17) is 0 Å². The van der Waals surface area contributed by atoms with E-state index in [-0.39, 0.29) is 11.8 Å². The molecule has 0 aliphatic rings. The van der Waals surface area contributed by atoms with E-state index in [1.54, 1.807) is 41.2 Å². The zero-order valence-corrected chi connectivity index (χ0v) is 15.5. The molecule has 0 aliphatic heterocycles. The molecule has 0 atom stereocenters. The fourth-order valence-electron chi connectivity index (χ4n) is 2.64. The fraction of sp³-hybridized carbons (Fsp3) is 0. The molecule has 28 heavy (non-hydrogen) atoms. The predicted molar refractivity (Wildman–Crippen MR) is 110 cm³/mol. The first-order valence-electron chi connectivity index (χ1n) is 8.55. The number of nitrogens with zero attached hydrogens (tertiary/aromatic N) is 2. The van der Waals surface area contributed by atoms with E-state index in [0.717, 1.165) is 5.69 Å². The normalized spacial score (nSPS) is 10.4. The van der Waals surface area contributed by atoms with Gasteiger partial charge in [0.2, 0.25) is 0 Å². The second kappa shape index (κ2) is 7.89. The monoisotopic (exact) mass is 388 g/mol. The highest BCUT2D eigenvalue weighted by atomic mass is 32.1. The molecule has 7 heteroatoms. The van der Waals surface area contributed by atoms with Gasteiger partial charge in [-0.25, -0.2) is 4.68 Å². The molecule has 0 aliphatic carbocycles. The summed E-state index contributed by atoms with van der Waals surface area (Å²) in [6.07, 6.45) is 3.19. The Morgan fingerprint density at radius 2 is 1.61 bits per heavy atom. The van der Waals surface area contributed by atoms with Crippen LogP contribution in [-0.4, -0.2) is 21.6 Å². The number of rotatable bonds is 5. The van der Waals surface area contributed by atoms with Crippen LogP contribution in [0.4, 0.5) is 11.4 Å². The van der Waals surface area contributed by atoms with Crippen LogP contribution < -0.4 is 10.6 Å². The van der Waals surface area contributed by atoms with Crippen LogP contribution in [0.1, 0.15) is 20.0 Å². The van der Waals surface area contributed by atoms with Crippen LogP contribution >= 0.6 is 11.3 Å². The van der Waals surface area contributed by atoms with Gasteiger partial charge in [-0.05, 0) is 41.8 Å². The predicted octanol–water partition coefficient (Wildman–Crippen LogP) is 4.44. The number of nitrogens with one attached hydrogen (secondary N) is 2. The molecule has 0 unspecified atom stereocenters. The summed E-state index contributed by atoms with van der Waals surface area (Å²) < 4.78 is 1.65. The minimum atomic E-state index is -0.274. The van der Waals surface area contributed by atoms with E-state index in [0.29, 0.717) is 21.8 Å². The first kappa shape index (κ1) is 17.7. The topological polar surface area (TPSA) is 76.0 Å². The van der Waals surface area contributed by atoms with E-state index < -0.39 is 0 Å². The standard InChI is InChI=1S/C21H16N4O2S/c26-20(15-13-22-25(14-15)18-8-2-1-3-9-18)23-16-6-4-7-17(12-16)24-21(27)19-10-5-11-28-19/h1-14H,(H,23,26)(H,24,27). The summed E-state index contributed by atoms with van der Waals surface area (Å²) in [7, 11) is 0. The third kappa shape index (κ3) is 3.99. The summed E-state index contributed by atoms with van der Waals surface area (Å²) in [6.45, 7) is 0. The highest BCUT2D eigenvalue weighted by Crippen LogP contribution is 2.18. The number of hydrogen-bond donors (Lipinski definition) is 2. The number of benzene rings is 2. The lowest BCUT2D eigenvalue weighted by molar-refractivity contribution is 0.102. The van der Waals surface area contributed by atoms with Gasteiger partial charge in [0, 0.05) is 17.6 Å². The Labute approximate surface area is 165 Å². The van der Waals surface area contributed by atoms with E-state index >= 15 is 0 Å². The van der Waals surface area contributed by atoms with Gasteiger partial charge in [-0.1, -0.05) is 30.3 Å². The van der Waals surface area contributed by atoms with E-state index in [2.05, 4.69) is 15.7 Å². The second-order valence-electron chi connectivity index (χ2n) is 5.98. The van der Waals surface area contributed by atoms with Crippen LogP contribution in [0.5, 0.6) is 0 Å². The number of thiophene rings is 1. The van der Waals surface area contributed by atoms with Crippen molar-refractivity contribution in [3.05, 3.63) is 94.9 Å². The summed E-state index contributed by atoms with van der Waals surface area (Å²) >= 11 is 1.37. The summed E-state index contributed by atoms with van der Waals surface area (Å²) in [4.78, 5) is 25.3. The van der Waals surface area contributed by atoms with Crippen LogP contribution in [0, 0.1) is 0 Å². The van der Waals surface area contributed by atoms with Gasteiger partial charge in [-0.3, -0.25) is 9.59 Å². The van der Waals surface area contributed by atoms with Crippen molar-refractivity contribution >= 4 is 34.5 Å². The third-order valence-electron chi connectivity index (χ3n) is 3.99. The van der Waals surface area contributed by atoms with Crippen molar-refractivity contribution in [3.8, 4) is 5.69 Å². The second-order valence-corrected chi connectivity index (χ2v) is 6.92. The van der Waals surface area contributed by atoms with Crippen LogP contribution in [0.3, 0.4) is 0 Å². The molecule has 6 nitrogen and oxygen atoms in total. The highest BCUT2D eigenvalue weighted by molar-refractivity contribution is 7.12. The van der Waals surface area contributed by atoms with Crippen LogP contribution in [-0.2, 0) is 0 Å². The highest BCUT2D eigenvalue weighted by Gasteiger charge is 2.11. The van der Waals surface area contributed by atoms with Crippen LogP contribution in [0.2, 0.25) is 0 Å². The van der Waals surface area contributed by atoms with E-state index in [1.807, 2.05) is 41.8 Å². The number of para-hydroxylation sites is 1. The minimum Gasteiger partial charge on any atom is -0.322 e. The number of anilines is 2. The first-order chi connectivity index (χ1) is 13.7. The van der Waals surface area contributed by atoms with E-state index in [9.17, 15) is 9.59 Å². The number of carbonyl (C=O) groups excluding carboxylic acids is 2. The van der Waals surface area contributed by atoms with Gasteiger partial charge >= 0.3 is 0 Å². The molecule has 0 saturated heterocycles. The molecule has 4 rings (SSSR count). The van der Waals surface area contributed by atoms with Crippen molar-refractivity contribution in [2.75, 3.05) is 10.6 Å². The molecule has 0 spiro atoms. The molecule has 2 amide bonds. The first-order valence-corrected chi connectivity index (χ1v) is 9.43.